The molecule has 1 aliphatic heterocycles. The number of carbonyl (C=O) groups is 2. The van der Waals surface area contributed by atoms with Crippen LogP contribution in [0.5, 0.6) is 11.5 Å². The molecule has 3 rings (SSSR count). The number of amides is 1. The van der Waals surface area contributed by atoms with Gasteiger partial charge in [0.1, 0.15) is 22.4 Å². The second-order valence-electron chi connectivity index (χ2n) is 5.62. The minimum Gasteiger partial charge on any atom is -0.507 e. The Morgan fingerprint density at radius 1 is 1.27 bits per heavy atom. The zero-order chi connectivity index (χ0) is 18.7. The summed E-state index contributed by atoms with van der Waals surface area (Å²) in [5.74, 6) is 0.232. The van der Waals surface area contributed by atoms with Gasteiger partial charge in [-0.15, -0.1) is 0 Å². The zero-order valence-electron chi connectivity index (χ0n) is 13.8. The number of Topliss-reactive ketones (excluding diaryl/α,β-unsaturated/α-hetero) is 1. The third-order valence-electron chi connectivity index (χ3n) is 3.67. The third kappa shape index (κ3) is 4.30. The van der Waals surface area contributed by atoms with E-state index in [1.165, 1.54) is 24.8 Å². The molecule has 0 radical (unpaired) electrons. The maximum atomic E-state index is 11.7. The van der Waals surface area contributed by atoms with Crippen LogP contribution in [0.4, 0.5) is 0 Å². The molecular formula is C19H15NO4S2. The molecule has 26 heavy (non-hydrogen) atoms. The highest BCUT2D eigenvalue weighted by Crippen LogP contribution is 2.26. The van der Waals surface area contributed by atoms with E-state index in [4.69, 9.17) is 17.0 Å². The SMILES string of the molecule is CC(=O)c1ccc(COc2ccc(/C=C3\SC(=S)NC3=O)cc2)cc1O. The van der Waals surface area contributed by atoms with Crippen molar-refractivity contribution in [3.63, 3.8) is 0 Å². The molecule has 1 amide bonds. The summed E-state index contributed by atoms with van der Waals surface area (Å²) in [5, 5.41) is 12.4. The predicted octanol–water partition coefficient (Wildman–Crippen LogP) is 3.66. The Kier molecular flexibility index (Phi) is 5.39. The number of ketones is 1. The number of benzene rings is 2. The van der Waals surface area contributed by atoms with Gasteiger partial charge < -0.3 is 15.2 Å². The van der Waals surface area contributed by atoms with Gasteiger partial charge in [-0.3, -0.25) is 9.59 Å². The monoisotopic (exact) mass is 385 g/mol. The summed E-state index contributed by atoms with van der Waals surface area (Å²) >= 11 is 6.19. The van der Waals surface area contributed by atoms with E-state index in [0.717, 1.165) is 11.1 Å². The van der Waals surface area contributed by atoms with Crippen LogP contribution in [0.15, 0.2) is 47.4 Å². The van der Waals surface area contributed by atoms with Crippen LogP contribution in [0.1, 0.15) is 28.4 Å². The lowest BCUT2D eigenvalue weighted by Crippen LogP contribution is -2.17. The maximum Gasteiger partial charge on any atom is 0.263 e. The Morgan fingerprint density at radius 2 is 2.00 bits per heavy atom. The fraction of sp³-hybridized carbons (Fsp3) is 0.105. The highest BCUT2D eigenvalue weighted by Gasteiger charge is 2.21. The van der Waals surface area contributed by atoms with Gasteiger partial charge in [0.05, 0.1) is 10.5 Å². The van der Waals surface area contributed by atoms with Crippen LogP contribution in [0.3, 0.4) is 0 Å². The Labute approximate surface area is 160 Å². The second kappa shape index (κ2) is 7.72. The minimum atomic E-state index is -0.186. The molecule has 1 aliphatic rings. The molecule has 0 bridgehead atoms. The predicted molar refractivity (Wildman–Crippen MR) is 105 cm³/mol. The molecule has 0 aliphatic carbocycles. The van der Waals surface area contributed by atoms with Gasteiger partial charge in [0.15, 0.2) is 5.78 Å². The van der Waals surface area contributed by atoms with Crippen molar-refractivity contribution in [3.05, 3.63) is 64.1 Å². The fourth-order valence-corrected chi connectivity index (χ4v) is 3.41. The van der Waals surface area contributed by atoms with E-state index in [9.17, 15) is 14.7 Å². The molecule has 0 saturated carbocycles. The van der Waals surface area contributed by atoms with Crippen molar-refractivity contribution in [3.8, 4) is 11.5 Å². The number of carbonyl (C=O) groups excluding carboxylic acids is 2. The van der Waals surface area contributed by atoms with Crippen molar-refractivity contribution in [2.24, 2.45) is 0 Å². The number of thiocarbonyl (C=S) groups is 1. The molecule has 2 aromatic rings. The summed E-state index contributed by atoms with van der Waals surface area (Å²) in [4.78, 5) is 23.5. The van der Waals surface area contributed by atoms with Crippen LogP contribution in [0, 0.1) is 0 Å². The molecule has 7 heteroatoms. The molecule has 0 spiro atoms. The number of rotatable bonds is 5. The third-order valence-corrected chi connectivity index (χ3v) is 4.83. The van der Waals surface area contributed by atoms with Gasteiger partial charge in [-0.1, -0.05) is 42.2 Å². The standard InChI is InChI=1S/C19H15NO4S2/c1-11(21)15-7-4-13(8-16(15)22)10-24-14-5-2-12(3-6-14)9-17-18(23)20-19(25)26-17/h2-9,22H,10H2,1H3,(H,20,23,25)/b17-9-. The Balaban J connectivity index is 1.64. The number of thioether (sulfide) groups is 1. The Morgan fingerprint density at radius 3 is 2.58 bits per heavy atom. The fourth-order valence-electron chi connectivity index (χ4n) is 2.36. The highest BCUT2D eigenvalue weighted by molar-refractivity contribution is 8.26. The van der Waals surface area contributed by atoms with E-state index in [2.05, 4.69) is 5.32 Å². The molecule has 1 heterocycles. The normalized spacial score (nSPS) is 15.2. The first-order valence-electron chi connectivity index (χ1n) is 7.73. The zero-order valence-corrected chi connectivity index (χ0v) is 15.4. The average Bonchev–Trinajstić information content (AvgIpc) is 2.91. The van der Waals surface area contributed by atoms with E-state index in [1.54, 1.807) is 30.3 Å². The number of aromatic hydroxyl groups is 1. The van der Waals surface area contributed by atoms with Crippen LogP contribution in [0.2, 0.25) is 0 Å². The summed E-state index contributed by atoms with van der Waals surface area (Å²) in [6.07, 6.45) is 1.77. The first-order chi connectivity index (χ1) is 12.4. The average molecular weight is 385 g/mol. The van der Waals surface area contributed by atoms with Gasteiger partial charge in [-0.25, -0.2) is 0 Å². The molecule has 2 N–H and O–H groups in total. The van der Waals surface area contributed by atoms with Gasteiger partial charge >= 0.3 is 0 Å². The van der Waals surface area contributed by atoms with Crippen molar-refractivity contribution < 1.29 is 19.4 Å². The van der Waals surface area contributed by atoms with Crippen molar-refractivity contribution in [1.82, 2.24) is 5.32 Å². The molecule has 1 fully saturated rings. The molecule has 132 valence electrons. The number of nitrogens with one attached hydrogen (secondary N) is 1. The number of phenols is 1. The summed E-state index contributed by atoms with van der Waals surface area (Å²) in [5.41, 5.74) is 1.91. The number of ether oxygens (including phenoxy) is 1. The van der Waals surface area contributed by atoms with Gasteiger partial charge in [0.2, 0.25) is 0 Å². The number of phenolic OH excluding ortho intramolecular Hbond substituents is 1. The Bertz CT molecular complexity index is 920. The molecule has 0 atom stereocenters. The van der Waals surface area contributed by atoms with E-state index in [1.807, 2.05) is 12.1 Å². The highest BCUT2D eigenvalue weighted by atomic mass is 32.2. The van der Waals surface area contributed by atoms with Gasteiger partial charge in [0.25, 0.3) is 5.91 Å². The maximum absolute atomic E-state index is 11.7. The largest absolute Gasteiger partial charge is 0.507 e. The van der Waals surface area contributed by atoms with Crippen LogP contribution < -0.4 is 10.1 Å². The van der Waals surface area contributed by atoms with Crippen LogP contribution in [-0.2, 0) is 11.4 Å². The Hall–Kier alpha value is -2.64. The smallest absolute Gasteiger partial charge is 0.263 e. The lowest BCUT2D eigenvalue weighted by molar-refractivity contribution is -0.115. The van der Waals surface area contributed by atoms with Gasteiger partial charge in [-0.2, -0.15) is 0 Å². The quantitative estimate of drug-likeness (QED) is 0.465. The summed E-state index contributed by atoms with van der Waals surface area (Å²) in [7, 11) is 0. The van der Waals surface area contributed by atoms with E-state index >= 15 is 0 Å². The second-order valence-corrected chi connectivity index (χ2v) is 7.34. The van der Waals surface area contributed by atoms with E-state index in [-0.39, 0.29) is 24.0 Å². The molecule has 5 nitrogen and oxygen atoms in total. The van der Waals surface area contributed by atoms with Crippen molar-refractivity contribution >= 4 is 46.1 Å². The molecule has 0 unspecified atom stereocenters. The van der Waals surface area contributed by atoms with Gasteiger partial charge in [0, 0.05) is 0 Å². The van der Waals surface area contributed by atoms with Crippen molar-refractivity contribution in [1.29, 1.82) is 0 Å². The lowest BCUT2D eigenvalue weighted by atomic mass is 10.1. The minimum absolute atomic E-state index is 0.0502. The topological polar surface area (TPSA) is 75.6 Å². The first kappa shape index (κ1) is 18.2. The van der Waals surface area contributed by atoms with Crippen LogP contribution in [0.25, 0.3) is 6.08 Å². The summed E-state index contributed by atoms with van der Waals surface area (Å²) in [6.45, 7) is 1.67. The first-order valence-corrected chi connectivity index (χ1v) is 8.95. The molecule has 0 aromatic heterocycles. The lowest BCUT2D eigenvalue weighted by Gasteiger charge is -2.08. The van der Waals surface area contributed by atoms with Gasteiger partial charge in [-0.05, 0) is 48.4 Å². The summed E-state index contributed by atoms with van der Waals surface area (Å²) in [6, 6.07) is 12.1. The van der Waals surface area contributed by atoms with Crippen LogP contribution >= 0.6 is 24.0 Å². The number of hydrogen-bond donors (Lipinski definition) is 2. The summed E-state index contributed by atoms with van der Waals surface area (Å²) < 4.78 is 6.15. The van der Waals surface area contributed by atoms with Crippen molar-refractivity contribution in [2.45, 2.75) is 13.5 Å². The molecule has 1 saturated heterocycles. The number of hydrogen-bond acceptors (Lipinski definition) is 6. The molecule has 2 aromatic carbocycles. The van der Waals surface area contributed by atoms with E-state index < -0.39 is 0 Å². The van der Waals surface area contributed by atoms with Crippen molar-refractivity contribution in [2.75, 3.05) is 0 Å². The van der Waals surface area contributed by atoms with Crippen LogP contribution in [-0.4, -0.2) is 21.1 Å². The molecular weight excluding hydrogens is 370 g/mol. The van der Waals surface area contributed by atoms with E-state index in [0.29, 0.717) is 20.5 Å².